The molecule has 1 heterocycles. The van der Waals surface area contributed by atoms with E-state index in [2.05, 4.69) is 10.3 Å². The van der Waals surface area contributed by atoms with Gasteiger partial charge in [0.2, 0.25) is 5.91 Å². The highest BCUT2D eigenvalue weighted by molar-refractivity contribution is 5.93. The van der Waals surface area contributed by atoms with Crippen LogP contribution in [-0.4, -0.2) is 35.1 Å². The van der Waals surface area contributed by atoms with Gasteiger partial charge >= 0.3 is 0 Å². The Bertz CT molecular complexity index is 703. The third-order valence-corrected chi connectivity index (χ3v) is 5.11. The molecular weight excluding hydrogens is 337 g/mol. The topological polar surface area (TPSA) is 94.3 Å². The van der Waals surface area contributed by atoms with Gasteiger partial charge in [0.15, 0.2) is 0 Å². The molecule has 6 nitrogen and oxygen atoms in total. The first-order chi connectivity index (χ1) is 12.3. The van der Waals surface area contributed by atoms with E-state index >= 15 is 0 Å². The molecular formula is C19H26FN3O3. The molecule has 1 aromatic rings. The summed E-state index contributed by atoms with van der Waals surface area (Å²) in [6, 6.07) is 1.58. The fraction of sp³-hybridized carbons (Fsp3) is 0.632. The van der Waals surface area contributed by atoms with Gasteiger partial charge < -0.3 is 15.8 Å². The first-order valence-electron chi connectivity index (χ1n) is 9.15. The van der Waals surface area contributed by atoms with Crippen molar-refractivity contribution in [2.24, 2.45) is 11.7 Å². The number of hydrogen-bond acceptors (Lipinski definition) is 4. The minimum Gasteiger partial charge on any atom is -0.488 e. The van der Waals surface area contributed by atoms with E-state index in [-0.39, 0.29) is 23.9 Å². The number of rotatable bonds is 9. The minimum atomic E-state index is -0.674. The second kappa shape index (κ2) is 7.21. The molecule has 0 saturated heterocycles. The quantitative estimate of drug-likeness (QED) is 0.705. The van der Waals surface area contributed by atoms with Crippen molar-refractivity contribution >= 4 is 11.8 Å². The van der Waals surface area contributed by atoms with Crippen LogP contribution in [0.4, 0.5) is 4.39 Å². The number of ether oxygens (including phenoxy) is 1. The molecule has 2 fully saturated rings. The third kappa shape index (κ3) is 4.31. The summed E-state index contributed by atoms with van der Waals surface area (Å²) >= 11 is 0. The molecule has 2 atom stereocenters. The highest BCUT2D eigenvalue weighted by atomic mass is 19.1. The molecule has 3 N–H and O–H groups in total. The summed E-state index contributed by atoms with van der Waals surface area (Å²) in [5.41, 5.74) is 5.80. The van der Waals surface area contributed by atoms with Crippen molar-refractivity contribution in [2.75, 3.05) is 6.67 Å². The zero-order chi connectivity index (χ0) is 18.9. The molecule has 0 aliphatic heterocycles. The molecule has 2 saturated carbocycles. The van der Waals surface area contributed by atoms with Crippen LogP contribution < -0.4 is 15.8 Å². The molecule has 2 amide bonds. The Morgan fingerprint density at radius 3 is 2.65 bits per heavy atom. The number of alkyl halides is 1. The van der Waals surface area contributed by atoms with Gasteiger partial charge in [-0.25, -0.2) is 4.39 Å². The molecule has 142 valence electrons. The first-order valence-corrected chi connectivity index (χ1v) is 9.15. The third-order valence-electron chi connectivity index (χ3n) is 5.11. The molecule has 2 unspecified atom stereocenters. The van der Waals surface area contributed by atoms with Crippen molar-refractivity contribution in [3.63, 3.8) is 0 Å². The number of primary amides is 1. The Morgan fingerprint density at radius 1 is 1.42 bits per heavy atom. The van der Waals surface area contributed by atoms with Gasteiger partial charge in [0.1, 0.15) is 24.2 Å². The van der Waals surface area contributed by atoms with Crippen molar-refractivity contribution in [3.8, 4) is 5.75 Å². The van der Waals surface area contributed by atoms with E-state index in [0.717, 1.165) is 31.2 Å². The van der Waals surface area contributed by atoms with Crippen LogP contribution in [0.1, 0.15) is 67.9 Å². The molecule has 26 heavy (non-hydrogen) atoms. The Hall–Kier alpha value is -2.18. The summed E-state index contributed by atoms with van der Waals surface area (Å²) in [5, 5.41) is 2.93. The van der Waals surface area contributed by atoms with Crippen molar-refractivity contribution in [1.82, 2.24) is 10.3 Å². The van der Waals surface area contributed by atoms with Crippen LogP contribution in [0.3, 0.4) is 0 Å². The maximum absolute atomic E-state index is 12.9. The van der Waals surface area contributed by atoms with Crippen LogP contribution in [0.15, 0.2) is 12.3 Å². The second-order valence-corrected chi connectivity index (χ2v) is 7.75. The van der Waals surface area contributed by atoms with Gasteiger partial charge in [-0.3, -0.25) is 14.6 Å². The second-order valence-electron chi connectivity index (χ2n) is 7.75. The number of carbonyl (C=O) groups excluding carboxylic acids is 2. The van der Waals surface area contributed by atoms with Gasteiger partial charge in [0, 0.05) is 29.8 Å². The largest absolute Gasteiger partial charge is 0.488 e. The summed E-state index contributed by atoms with van der Waals surface area (Å²) < 4.78 is 18.5. The number of hydrogen-bond donors (Lipinski definition) is 2. The fourth-order valence-corrected chi connectivity index (χ4v) is 3.32. The van der Waals surface area contributed by atoms with Crippen LogP contribution in [0.2, 0.25) is 0 Å². The SMILES string of the molecule is CC(CF)Oc1cc(C(=O)NC(C)(CC(N)=O)C2CC2)ncc1C1CC1. The zero-order valence-electron chi connectivity index (χ0n) is 15.3. The van der Waals surface area contributed by atoms with Crippen LogP contribution in [0, 0.1) is 5.92 Å². The summed E-state index contributed by atoms with van der Waals surface area (Å²) in [5.74, 6) is 0.305. The number of pyridine rings is 1. The lowest BCUT2D eigenvalue weighted by atomic mass is 9.91. The van der Waals surface area contributed by atoms with E-state index < -0.39 is 24.2 Å². The lowest BCUT2D eigenvalue weighted by Gasteiger charge is -2.29. The summed E-state index contributed by atoms with van der Waals surface area (Å²) in [7, 11) is 0. The van der Waals surface area contributed by atoms with Crippen molar-refractivity contribution in [3.05, 3.63) is 23.5 Å². The summed E-state index contributed by atoms with van der Waals surface area (Å²) in [6.45, 7) is 2.88. The molecule has 0 spiro atoms. The maximum Gasteiger partial charge on any atom is 0.270 e. The monoisotopic (exact) mass is 363 g/mol. The zero-order valence-corrected chi connectivity index (χ0v) is 15.3. The van der Waals surface area contributed by atoms with Gasteiger partial charge in [0.05, 0.1) is 0 Å². The minimum absolute atomic E-state index is 0.0891. The van der Waals surface area contributed by atoms with Crippen LogP contribution in [0.5, 0.6) is 5.75 Å². The molecule has 1 aromatic heterocycles. The van der Waals surface area contributed by atoms with E-state index in [1.807, 2.05) is 6.92 Å². The van der Waals surface area contributed by atoms with E-state index in [1.165, 1.54) is 0 Å². The lowest BCUT2D eigenvalue weighted by Crippen LogP contribution is -2.50. The number of nitrogens with one attached hydrogen (secondary N) is 1. The van der Waals surface area contributed by atoms with E-state index in [0.29, 0.717) is 11.7 Å². The van der Waals surface area contributed by atoms with Gasteiger partial charge in [-0.05, 0) is 51.4 Å². The fourth-order valence-electron chi connectivity index (χ4n) is 3.32. The number of halogens is 1. The molecule has 7 heteroatoms. The predicted octanol–water partition coefficient (Wildman–Crippen LogP) is 2.47. The van der Waals surface area contributed by atoms with Crippen molar-refractivity contribution in [2.45, 2.75) is 63.5 Å². The van der Waals surface area contributed by atoms with Gasteiger partial charge in [-0.2, -0.15) is 0 Å². The van der Waals surface area contributed by atoms with Crippen molar-refractivity contribution < 1.29 is 18.7 Å². The van der Waals surface area contributed by atoms with Crippen LogP contribution in [0.25, 0.3) is 0 Å². The van der Waals surface area contributed by atoms with Crippen LogP contribution >= 0.6 is 0 Å². The summed E-state index contributed by atoms with van der Waals surface area (Å²) in [6.07, 6.45) is 5.16. The maximum atomic E-state index is 12.9. The van der Waals surface area contributed by atoms with E-state index in [4.69, 9.17) is 10.5 Å². The number of nitrogens with two attached hydrogens (primary N) is 1. The molecule has 0 aromatic carbocycles. The Morgan fingerprint density at radius 2 is 2.12 bits per heavy atom. The number of aromatic nitrogens is 1. The van der Waals surface area contributed by atoms with Crippen LogP contribution in [-0.2, 0) is 4.79 Å². The Labute approximate surface area is 152 Å². The van der Waals surface area contributed by atoms with E-state index in [9.17, 15) is 14.0 Å². The Kier molecular flexibility index (Phi) is 5.16. The standard InChI is InChI=1S/C19H26FN3O3/c1-11(9-20)26-16-7-15(22-10-14(16)12-3-4-12)18(25)23-19(2,8-17(21)24)13-5-6-13/h7,10-13H,3-6,8-9H2,1-2H3,(H2,21,24)(H,23,25). The van der Waals surface area contributed by atoms with E-state index in [1.54, 1.807) is 19.2 Å². The smallest absolute Gasteiger partial charge is 0.270 e. The normalized spacial score (nSPS) is 20.1. The Balaban J connectivity index is 1.80. The number of nitrogens with zero attached hydrogens (tertiary/aromatic N) is 1. The number of amides is 2. The first kappa shape index (κ1) is 18.6. The molecule has 2 aliphatic rings. The van der Waals surface area contributed by atoms with Gasteiger partial charge in [0.25, 0.3) is 5.91 Å². The van der Waals surface area contributed by atoms with Gasteiger partial charge in [-0.1, -0.05) is 0 Å². The van der Waals surface area contributed by atoms with Crippen molar-refractivity contribution in [1.29, 1.82) is 0 Å². The molecule has 0 radical (unpaired) electrons. The van der Waals surface area contributed by atoms with Gasteiger partial charge in [-0.15, -0.1) is 0 Å². The average molecular weight is 363 g/mol. The summed E-state index contributed by atoms with van der Waals surface area (Å²) in [4.78, 5) is 28.4. The predicted molar refractivity (Wildman–Crippen MR) is 94.7 cm³/mol. The molecule has 0 bridgehead atoms. The molecule has 3 rings (SSSR count). The highest BCUT2D eigenvalue weighted by Crippen LogP contribution is 2.44. The molecule has 2 aliphatic carbocycles. The number of carbonyl (C=O) groups is 2. The highest BCUT2D eigenvalue weighted by Gasteiger charge is 2.44. The lowest BCUT2D eigenvalue weighted by molar-refractivity contribution is -0.119. The average Bonchev–Trinajstić information content (AvgIpc) is 3.46.